The summed E-state index contributed by atoms with van der Waals surface area (Å²) in [7, 11) is -9.89. The average Bonchev–Trinajstić information content (AvgIpc) is 3.55. The third-order valence-electron chi connectivity index (χ3n) is 15.7. The van der Waals surface area contributed by atoms with Gasteiger partial charge in [-0.3, -0.25) is 37.3 Å². The predicted molar refractivity (Wildman–Crippen MR) is 344 cm³/mol. The molecule has 0 amide bonds. The minimum atomic E-state index is -4.95. The molecule has 0 aliphatic carbocycles. The molecule has 0 aliphatic rings. The van der Waals surface area contributed by atoms with Crippen LogP contribution in [0.5, 0.6) is 0 Å². The second kappa shape index (κ2) is 58.2. The molecule has 3 N–H and O–H groups in total. The van der Waals surface area contributed by atoms with Gasteiger partial charge in [-0.2, -0.15) is 0 Å². The number of carbonyl (C=O) groups is 4. The van der Waals surface area contributed by atoms with E-state index in [0.29, 0.717) is 37.5 Å². The van der Waals surface area contributed by atoms with Gasteiger partial charge < -0.3 is 33.8 Å². The van der Waals surface area contributed by atoms with Gasteiger partial charge in [0, 0.05) is 25.7 Å². The Morgan fingerprint density at radius 3 is 0.884 bits per heavy atom. The maximum Gasteiger partial charge on any atom is 0.472 e. The second-order valence-corrected chi connectivity index (χ2v) is 28.3. The van der Waals surface area contributed by atoms with E-state index in [2.05, 4.69) is 48.5 Å². The van der Waals surface area contributed by atoms with E-state index in [1.807, 2.05) is 0 Å². The largest absolute Gasteiger partial charge is 0.472 e. The van der Waals surface area contributed by atoms with E-state index in [0.717, 1.165) is 102 Å². The maximum atomic E-state index is 13.0. The highest BCUT2D eigenvalue weighted by Gasteiger charge is 2.30. The predicted octanol–water partition coefficient (Wildman–Crippen LogP) is 18.7. The Balaban J connectivity index is 5.25. The summed E-state index contributed by atoms with van der Waals surface area (Å²) in [6.45, 7) is 11.7. The van der Waals surface area contributed by atoms with Crippen molar-refractivity contribution in [3.63, 3.8) is 0 Å². The molecule has 0 aromatic rings. The number of hydrogen-bond donors (Lipinski definition) is 3. The molecule has 0 rings (SSSR count). The molecule has 19 heteroatoms. The Morgan fingerprint density at radius 2 is 0.593 bits per heavy atom. The van der Waals surface area contributed by atoms with Crippen molar-refractivity contribution in [3.05, 3.63) is 0 Å². The number of phosphoric acid groups is 2. The number of esters is 4. The first-order valence-electron chi connectivity index (χ1n) is 34.9. The summed E-state index contributed by atoms with van der Waals surface area (Å²) in [6.07, 6.45) is 40.4. The van der Waals surface area contributed by atoms with Gasteiger partial charge in [-0.1, -0.05) is 280 Å². The Labute approximate surface area is 524 Å². The Morgan fingerprint density at radius 1 is 0.337 bits per heavy atom. The van der Waals surface area contributed by atoms with Crippen molar-refractivity contribution in [2.24, 2.45) is 17.8 Å². The summed E-state index contributed by atoms with van der Waals surface area (Å²) in [5.41, 5.74) is 0. The summed E-state index contributed by atoms with van der Waals surface area (Å²) in [4.78, 5) is 72.3. The van der Waals surface area contributed by atoms with Crippen molar-refractivity contribution < 1.29 is 80.2 Å². The van der Waals surface area contributed by atoms with Gasteiger partial charge in [0.2, 0.25) is 0 Å². The summed E-state index contributed by atoms with van der Waals surface area (Å²) in [6, 6.07) is 0. The molecule has 0 aromatic heterocycles. The van der Waals surface area contributed by atoms with Crippen LogP contribution in [-0.2, 0) is 65.4 Å². The van der Waals surface area contributed by atoms with Crippen molar-refractivity contribution in [2.75, 3.05) is 39.6 Å². The molecule has 3 unspecified atom stereocenters. The van der Waals surface area contributed by atoms with E-state index >= 15 is 0 Å². The molecule has 0 heterocycles. The lowest BCUT2D eigenvalue weighted by Gasteiger charge is -2.21. The zero-order valence-electron chi connectivity index (χ0n) is 55.8. The van der Waals surface area contributed by atoms with Crippen LogP contribution in [0, 0.1) is 17.8 Å². The standard InChI is InChI=1S/C67H130O17P2/c1-8-10-11-12-13-14-15-16-17-21-26-34-41-48-64(69)77-54-62(83-66(71)50-43-36-27-22-19-18-20-25-33-40-47-60(7)9-2)56-81-85(73,74)79-52-61(68)53-80-86(75,76)82-57-63(55-78-65(70)49-42-35-30-29-32-39-46-59(5)6)84-67(72)51-44-37-28-23-24-31-38-45-58(3)4/h58-63,68H,8-57H2,1-7H3,(H,73,74)(H,75,76)/t60?,61-,62-,63-/m1/s1. The average molecular weight is 1270 g/mol. The Bertz CT molecular complexity index is 1700. The molecule has 0 fully saturated rings. The topological polar surface area (TPSA) is 237 Å². The van der Waals surface area contributed by atoms with Crippen LogP contribution in [0.25, 0.3) is 0 Å². The molecule has 510 valence electrons. The van der Waals surface area contributed by atoms with Crippen LogP contribution in [-0.4, -0.2) is 96.7 Å². The number of hydrogen-bond acceptors (Lipinski definition) is 15. The van der Waals surface area contributed by atoms with Gasteiger partial charge >= 0.3 is 39.5 Å². The van der Waals surface area contributed by atoms with Crippen molar-refractivity contribution in [2.45, 2.75) is 349 Å². The fourth-order valence-electron chi connectivity index (χ4n) is 9.98. The first kappa shape index (κ1) is 84.1. The highest BCUT2D eigenvalue weighted by atomic mass is 31.2. The summed E-state index contributed by atoms with van der Waals surface area (Å²) in [5.74, 6) is 0.0443. The molecule has 0 saturated heterocycles. The number of unbranched alkanes of at least 4 members (excludes halogenated alkanes) is 32. The van der Waals surface area contributed by atoms with Gasteiger partial charge in [-0.15, -0.1) is 0 Å². The monoisotopic (exact) mass is 1270 g/mol. The normalized spacial score (nSPS) is 14.6. The summed E-state index contributed by atoms with van der Waals surface area (Å²) in [5, 5.41) is 10.6. The van der Waals surface area contributed by atoms with E-state index in [1.54, 1.807) is 0 Å². The van der Waals surface area contributed by atoms with E-state index in [9.17, 15) is 43.2 Å². The van der Waals surface area contributed by atoms with E-state index in [1.165, 1.54) is 135 Å². The van der Waals surface area contributed by atoms with Crippen LogP contribution in [0.15, 0.2) is 0 Å². The highest BCUT2D eigenvalue weighted by Crippen LogP contribution is 2.45. The molecular formula is C67H130O17P2. The lowest BCUT2D eigenvalue weighted by Crippen LogP contribution is -2.30. The van der Waals surface area contributed by atoms with E-state index in [-0.39, 0.29) is 25.7 Å². The van der Waals surface area contributed by atoms with E-state index in [4.69, 9.17) is 37.0 Å². The Kier molecular flexibility index (Phi) is 56.9. The minimum absolute atomic E-state index is 0.102. The van der Waals surface area contributed by atoms with Crippen LogP contribution >= 0.6 is 15.6 Å². The van der Waals surface area contributed by atoms with Crippen LogP contribution in [0.1, 0.15) is 331 Å². The minimum Gasteiger partial charge on any atom is -0.462 e. The number of aliphatic hydroxyl groups excluding tert-OH is 1. The lowest BCUT2D eigenvalue weighted by atomic mass is 9.99. The zero-order valence-corrected chi connectivity index (χ0v) is 57.6. The SMILES string of the molecule is CCCCCCCCCCCCCCCC(=O)OC[C@H](COP(=O)(O)OC[C@@H](O)COP(=O)(O)OC[C@@H](COC(=O)CCCCCCCCC(C)C)OC(=O)CCCCCCCCCC(C)C)OC(=O)CCCCCCCCCCCCC(C)CC. The fourth-order valence-corrected chi connectivity index (χ4v) is 11.6. The van der Waals surface area contributed by atoms with Crippen LogP contribution in [0.2, 0.25) is 0 Å². The lowest BCUT2D eigenvalue weighted by molar-refractivity contribution is -0.161. The van der Waals surface area contributed by atoms with Gasteiger partial charge in [-0.05, 0) is 43.4 Å². The van der Waals surface area contributed by atoms with Crippen LogP contribution in [0.4, 0.5) is 0 Å². The molecule has 86 heavy (non-hydrogen) atoms. The van der Waals surface area contributed by atoms with Crippen molar-refractivity contribution in [3.8, 4) is 0 Å². The van der Waals surface area contributed by atoms with Gasteiger partial charge in [0.05, 0.1) is 26.4 Å². The van der Waals surface area contributed by atoms with Gasteiger partial charge in [0.25, 0.3) is 0 Å². The zero-order chi connectivity index (χ0) is 63.8. The fraction of sp³-hybridized carbons (Fsp3) is 0.940. The molecule has 0 radical (unpaired) electrons. The van der Waals surface area contributed by atoms with Gasteiger partial charge in [-0.25, -0.2) is 9.13 Å². The molecule has 0 spiro atoms. The molecule has 0 aromatic carbocycles. The number of rotatable bonds is 65. The third kappa shape index (κ3) is 59.7. The van der Waals surface area contributed by atoms with Gasteiger partial charge in [0.1, 0.15) is 19.3 Å². The summed E-state index contributed by atoms with van der Waals surface area (Å²) < 4.78 is 68.1. The molecule has 17 nitrogen and oxygen atoms in total. The number of phosphoric ester groups is 2. The van der Waals surface area contributed by atoms with Crippen LogP contribution in [0.3, 0.4) is 0 Å². The van der Waals surface area contributed by atoms with Crippen molar-refractivity contribution >= 4 is 39.5 Å². The Hall–Kier alpha value is -1.94. The van der Waals surface area contributed by atoms with Crippen molar-refractivity contribution in [1.82, 2.24) is 0 Å². The summed E-state index contributed by atoms with van der Waals surface area (Å²) >= 11 is 0. The highest BCUT2D eigenvalue weighted by molar-refractivity contribution is 7.47. The molecule has 6 atom stereocenters. The first-order valence-corrected chi connectivity index (χ1v) is 37.9. The number of carbonyl (C=O) groups excluding carboxylic acids is 4. The van der Waals surface area contributed by atoms with Crippen LogP contribution < -0.4 is 0 Å². The molecule has 0 bridgehead atoms. The quantitative estimate of drug-likeness (QED) is 0.0222. The number of ether oxygens (including phenoxy) is 4. The molecule has 0 aliphatic heterocycles. The smallest absolute Gasteiger partial charge is 0.462 e. The molecule has 0 saturated carbocycles. The maximum absolute atomic E-state index is 13.0. The first-order chi connectivity index (χ1) is 41.3. The third-order valence-corrected chi connectivity index (χ3v) is 17.6. The second-order valence-electron chi connectivity index (χ2n) is 25.4. The van der Waals surface area contributed by atoms with Crippen molar-refractivity contribution in [1.29, 1.82) is 0 Å². The van der Waals surface area contributed by atoms with E-state index < -0.39 is 97.5 Å². The molecular weight excluding hydrogens is 1140 g/mol. The van der Waals surface area contributed by atoms with Gasteiger partial charge in [0.15, 0.2) is 12.2 Å². The number of aliphatic hydroxyl groups is 1.